The Morgan fingerprint density at radius 2 is 2.00 bits per heavy atom. The molecule has 0 unspecified atom stereocenters. The summed E-state index contributed by atoms with van der Waals surface area (Å²) >= 11 is 0. The van der Waals surface area contributed by atoms with Crippen LogP contribution in [-0.2, 0) is 0 Å². The summed E-state index contributed by atoms with van der Waals surface area (Å²) in [4.78, 5) is 7.21. The molecule has 0 saturated carbocycles. The highest BCUT2D eigenvalue weighted by Gasteiger charge is 2.11. The maximum atomic E-state index is 4.04. The van der Waals surface area contributed by atoms with Gasteiger partial charge in [0.1, 0.15) is 5.82 Å². The molecule has 0 radical (unpaired) electrons. The van der Waals surface area contributed by atoms with E-state index in [-0.39, 0.29) is 0 Å². The molecule has 1 aromatic heterocycles. The predicted octanol–water partition coefficient (Wildman–Crippen LogP) is 4.53. The topological polar surface area (TPSA) is 28.1 Å². The second-order valence-corrected chi connectivity index (χ2v) is 4.86. The number of allylic oxidation sites excluding steroid dienone is 1. The van der Waals surface area contributed by atoms with Crippen LogP contribution >= 0.6 is 0 Å². The molecule has 1 N–H and O–H groups in total. The van der Waals surface area contributed by atoms with Gasteiger partial charge in [-0.05, 0) is 31.0 Å². The maximum absolute atomic E-state index is 4.04. The summed E-state index contributed by atoms with van der Waals surface area (Å²) < 4.78 is 0. The first-order valence-corrected chi connectivity index (χ1v) is 5.83. The molecule has 1 heterocycles. The second kappa shape index (κ2) is 5.15. The van der Waals surface area contributed by atoms with E-state index in [2.05, 4.69) is 57.4 Å². The molecule has 0 fully saturated rings. The summed E-state index contributed by atoms with van der Waals surface area (Å²) in [5, 5.41) is 0. The normalized spacial score (nSPS) is 12.6. The van der Waals surface area contributed by atoms with Crippen LogP contribution in [0.1, 0.15) is 51.7 Å². The second-order valence-electron chi connectivity index (χ2n) is 4.86. The minimum Gasteiger partial charge on any atom is -0.346 e. The zero-order valence-electron chi connectivity index (χ0n) is 11.0. The fraction of sp³-hybridized carbons (Fsp3) is 0.500. The van der Waals surface area contributed by atoms with E-state index in [0.717, 1.165) is 5.82 Å². The van der Waals surface area contributed by atoms with Gasteiger partial charge in [0.05, 0.1) is 0 Å². The van der Waals surface area contributed by atoms with E-state index >= 15 is 0 Å². The Labute approximate surface area is 98.5 Å². The number of nitrogens with zero attached hydrogens (tertiary/aromatic N) is 1. The highest BCUT2D eigenvalue weighted by molar-refractivity contribution is 5.68. The first-order valence-electron chi connectivity index (χ1n) is 5.83. The molecule has 0 bridgehead atoms. The first kappa shape index (κ1) is 12.8. The molecule has 0 aliphatic heterocycles. The van der Waals surface area contributed by atoms with Gasteiger partial charge in [-0.1, -0.05) is 39.3 Å². The molecule has 0 aromatic carbocycles. The SMILES string of the molecule is C=Nc1[nH]cc(C(C)C)c1/C=C(\C)C(C)C. The number of aromatic nitrogens is 1. The fourth-order valence-corrected chi connectivity index (χ4v) is 1.59. The molecule has 0 spiro atoms. The molecule has 16 heavy (non-hydrogen) atoms. The Balaban J connectivity index is 3.24. The van der Waals surface area contributed by atoms with Crippen LogP contribution in [-0.4, -0.2) is 11.7 Å². The van der Waals surface area contributed by atoms with Crippen LogP contribution < -0.4 is 0 Å². The van der Waals surface area contributed by atoms with Crippen LogP contribution in [0.5, 0.6) is 0 Å². The van der Waals surface area contributed by atoms with Gasteiger partial charge in [0.2, 0.25) is 0 Å². The van der Waals surface area contributed by atoms with E-state index in [4.69, 9.17) is 0 Å². The Bertz CT molecular complexity index is 395. The molecular formula is C14H22N2. The van der Waals surface area contributed by atoms with Crippen molar-refractivity contribution in [3.63, 3.8) is 0 Å². The molecule has 2 nitrogen and oxygen atoms in total. The summed E-state index contributed by atoms with van der Waals surface area (Å²) in [5.74, 6) is 1.94. The smallest absolute Gasteiger partial charge is 0.136 e. The number of hydrogen-bond donors (Lipinski definition) is 1. The number of nitrogens with one attached hydrogen (secondary N) is 1. The summed E-state index contributed by atoms with van der Waals surface area (Å²) in [7, 11) is 0. The van der Waals surface area contributed by atoms with Crippen molar-refractivity contribution >= 4 is 18.6 Å². The summed E-state index contributed by atoms with van der Waals surface area (Å²) in [6.07, 6.45) is 4.26. The van der Waals surface area contributed by atoms with Gasteiger partial charge in [-0.3, -0.25) is 0 Å². The molecule has 0 atom stereocenters. The van der Waals surface area contributed by atoms with E-state index in [1.807, 2.05) is 6.20 Å². The molecule has 88 valence electrons. The molecule has 0 aliphatic carbocycles. The van der Waals surface area contributed by atoms with Crippen LogP contribution in [0.3, 0.4) is 0 Å². The van der Waals surface area contributed by atoms with E-state index in [1.165, 1.54) is 16.7 Å². The monoisotopic (exact) mass is 218 g/mol. The number of rotatable bonds is 4. The highest BCUT2D eigenvalue weighted by atomic mass is 14.9. The van der Waals surface area contributed by atoms with Gasteiger partial charge in [0, 0.05) is 11.8 Å². The number of hydrogen-bond acceptors (Lipinski definition) is 1. The van der Waals surface area contributed by atoms with Crippen molar-refractivity contribution in [2.24, 2.45) is 10.9 Å². The molecule has 1 aromatic rings. The molecule has 0 aliphatic rings. The lowest BCUT2D eigenvalue weighted by atomic mass is 9.97. The van der Waals surface area contributed by atoms with Gasteiger partial charge in [-0.15, -0.1) is 0 Å². The molecule has 2 heteroatoms. The van der Waals surface area contributed by atoms with E-state index < -0.39 is 0 Å². The first-order chi connectivity index (χ1) is 7.47. The minimum atomic E-state index is 0.498. The van der Waals surface area contributed by atoms with Crippen molar-refractivity contribution in [3.05, 3.63) is 22.9 Å². The Kier molecular flexibility index (Phi) is 4.11. The van der Waals surface area contributed by atoms with Crippen molar-refractivity contribution in [2.75, 3.05) is 0 Å². The van der Waals surface area contributed by atoms with E-state index in [0.29, 0.717) is 11.8 Å². The Morgan fingerprint density at radius 3 is 2.44 bits per heavy atom. The van der Waals surface area contributed by atoms with Crippen molar-refractivity contribution < 1.29 is 0 Å². The van der Waals surface area contributed by atoms with Gasteiger partial charge in [0.25, 0.3) is 0 Å². The average molecular weight is 218 g/mol. The van der Waals surface area contributed by atoms with Crippen LogP contribution in [0.15, 0.2) is 16.8 Å². The largest absolute Gasteiger partial charge is 0.346 e. The molecule has 0 amide bonds. The van der Waals surface area contributed by atoms with Crippen molar-refractivity contribution in [1.82, 2.24) is 4.98 Å². The lowest BCUT2D eigenvalue weighted by molar-refractivity contribution is 0.775. The van der Waals surface area contributed by atoms with E-state index in [9.17, 15) is 0 Å². The van der Waals surface area contributed by atoms with Crippen LogP contribution in [0.2, 0.25) is 0 Å². The molecule has 1 rings (SSSR count). The van der Waals surface area contributed by atoms with Gasteiger partial charge < -0.3 is 4.98 Å². The third kappa shape index (κ3) is 2.63. The standard InChI is InChI=1S/C14H22N2/c1-9(2)11(5)7-12-13(10(3)4)8-16-14(12)15-6/h7-10,16H,6H2,1-5H3/b11-7+. The number of aromatic amines is 1. The van der Waals surface area contributed by atoms with Crippen LogP contribution in [0.25, 0.3) is 6.08 Å². The summed E-state index contributed by atoms with van der Waals surface area (Å²) in [6.45, 7) is 14.6. The van der Waals surface area contributed by atoms with Crippen molar-refractivity contribution in [3.8, 4) is 0 Å². The quantitative estimate of drug-likeness (QED) is 0.719. The van der Waals surface area contributed by atoms with Crippen molar-refractivity contribution in [1.29, 1.82) is 0 Å². The Morgan fingerprint density at radius 1 is 1.38 bits per heavy atom. The fourth-order valence-electron chi connectivity index (χ4n) is 1.59. The Hall–Kier alpha value is -1.31. The zero-order valence-corrected chi connectivity index (χ0v) is 11.0. The number of aliphatic imine (C=N–C) groups is 1. The summed E-state index contributed by atoms with van der Waals surface area (Å²) in [5.41, 5.74) is 3.87. The van der Waals surface area contributed by atoms with Gasteiger partial charge >= 0.3 is 0 Å². The third-order valence-corrected chi connectivity index (χ3v) is 2.99. The predicted molar refractivity (Wildman–Crippen MR) is 72.6 cm³/mol. The van der Waals surface area contributed by atoms with Gasteiger partial charge in [0.15, 0.2) is 0 Å². The maximum Gasteiger partial charge on any atom is 0.136 e. The highest BCUT2D eigenvalue weighted by Crippen LogP contribution is 2.30. The lowest BCUT2D eigenvalue weighted by Crippen LogP contribution is -1.91. The molecular weight excluding hydrogens is 196 g/mol. The number of H-pyrrole nitrogens is 1. The van der Waals surface area contributed by atoms with E-state index in [1.54, 1.807) is 0 Å². The molecule has 0 saturated heterocycles. The van der Waals surface area contributed by atoms with Gasteiger partial charge in [-0.25, -0.2) is 4.99 Å². The summed E-state index contributed by atoms with van der Waals surface area (Å²) in [6, 6.07) is 0. The van der Waals surface area contributed by atoms with Crippen LogP contribution in [0, 0.1) is 5.92 Å². The van der Waals surface area contributed by atoms with Crippen molar-refractivity contribution in [2.45, 2.75) is 40.5 Å². The average Bonchev–Trinajstić information content (AvgIpc) is 2.60. The minimum absolute atomic E-state index is 0.498. The van der Waals surface area contributed by atoms with Gasteiger partial charge in [-0.2, -0.15) is 0 Å². The zero-order chi connectivity index (χ0) is 12.3. The third-order valence-electron chi connectivity index (χ3n) is 2.99. The van der Waals surface area contributed by atoms with Crippen LogP contribution in [0.4, 0.5) is 5.82 Å². The lowest BCUT2D eigenvalue weighted by Gasteiger charge is -2.08.